The van der Waals surface area contributed by atoms with Gasteiger partial charge in [0.25, 0.3) is 5.91 Å². The molecule has 7 heteroatoms. The van der Waals surface area contributed by atoms with Crippen molar-refractivity contribution < 1.29 is 4.79 Å². The van der Waals surface area contributed by atoms with E-state index in [2.05, 4.69) is 27.0 Å². The summed E-state index contributed by atoms with van der Waals surface area (Å²) in [4.78, 5) is 18.3. The van der Waals surface area contributed by atoms with E-state index in [1.165, 1.54) is 16.9 Å². The molecule has 0 atom stereocenters. The number of benzene rings is 2. The lowest BCUT2D eigenvalue weighted by Gasteiger charge is -2.05. The van der Waals surface area contributed by atoms with E-state index in [9.17, 15) is 10.1 Å². The molecule has 2 aromatic carbocycles. The van der Waals surface area contributed by atoms with Crippen LogP contribution in [0.4, 0.5) is 5.13 Å². The molecule has 0 bridgehead atoms. The van der Waals surface area contributed by atoms with Gasteiger partial charge in [-0.3, -0.25) is 10.1 Å². The first kappa shape index (κ1) is 20.9. The zero-order valence-electron chi connectivity index (χ0n) is 17.4. The van der Waals surface area contributed by atoms with Crippen LogP contribution in [0.2, 0.25) is 0 Å². The van der Waals surface area contributed by atoms with Gasteiger partial charge in [-0.25, -0.2) is 4.98 Å². The van der Waals surface area contributed by atoms with E-state index >= 15 is 0 Å². The highest BCUT2D eigenvalue weighted by Crippen LogP contribution is 2.29. The summed E-state index contributed by atoms with van der Waals surface area (Å²) in [7, 11) is 0. The maximum atomic E-state index is 12.8. The standard InChI is InChI=1S/C26H18N4OS2/c27-14-19(25(31)29-26-28-22(17-33-26)24-11-6-12-32-24)13-20-16-30(15-18-7-2-1-3-8-18)23-10-5-4-9-21(20)23/h1-13,16-17H,15H2,(H,28,29,31)/b19-13-. The molecule has 1 N–H and O–H groups in total. The maximum absolute atomic E-state index is 12.8. The second-order valence-corrected chi connectivity index (χ2v) is 9.16. The molecule has 0 aliphatic heterocycles. The minimum absolute atomic E-state index is 0.0329. The van der Waals surface area contributed by atoms with Gasteiger partial charge >= 0.3 is 0 Å². The molecule has 0 saturated heterocycles. The Bertz CT molecular complexity index is 1490. The first-order valence-corrected chi connectivity index (χ1v) is 12.0. The number of hydrogen-bond acceptors (Lipinski definition) is 5. The van der Waals surface area contributed by atoms with Gasteiger partial charge in [-0.05, 0) is 29.2 Å². The van der Waals surface area contributed by atoms with Crippen molar-refractivity contribution in [2.75, 3.05) is 5.32 Å². The Labute approximate surface area is 198 Å². The fourth-order valence-electron chi connectivity index (χ4n) is 3.64. The summed E-state index contributed by atoms with van der Waals surface area (Å²) in [5, 5.41) is 17.8. The average Bonchev–Trinajstić information content (AvgIpc) is 3.59. The lowest BCUT2D eigenvalue weighted by Crippen LogP contribution is -2.13. The van der Waals surface area contributed by atoms with E-state index in [1.54, 1.807) is 17.4 Å². The fraction of sp³-hybridized carbons (Fsp3) is 0.0385. The van der Waals surface area contributed by atoms with Crippen molar-refractivity contribution >= 4 is 50.7 Å². The summed E-state index contributed by atoms with van der Waals surface area (Å²) >= 11 is 2.93. The smallest absolute Gasteiger partial charge is 0.268 e. The number of amides is 1. The average molecular weight is 467 g/mol. The number of nitrogens with zero attached hydrogens (tertiary/aromatic N) is 3. The Kier molecular flexibility index (Phi) is 5.85. The maximum Gasteiger partial charge on any atom is 0.268 e. The van der Waals surface area contributed by atoms with Gasteiger partial charge in [-0.1, -0.05) is 54.6 Å². The number of hydrogen-bond donors (Lipinski definition) is 1. The highest BCUT2D eigenvalue weighted by atomic mass is 32.1. The van der Waals surface area contributed by atoms with Crippen LogP contribution in [0, 0.1) is 11.3 Å². The molecule has 0 spiro atoms. The molecular formula is C26H18N4OS2. The number of carbonyl (C=O) groups excluding carboxylic acids is 1. The third-order valence-electron chi connectivity index (χ3n) is 5.18. The van der Waals surface area contributed by atoms with Gasteiger partial charge in [0.15, 0.2) is 5.13 Å². The summed E-state index contributed by atoms with van der Waals surface area (Å²) in [6.45, 7) is 0.702. The molecule has 0 unspecified atom stereocenters. The minimum Gasteiger partial charge on any atom is -0.342 e. The van der Waals surface area contributed by atoms with Crippen molar-refractivity contribution in [3.8, 4) is 16.6 Å². The Morgan fingerprint density at radius 2 is 1.88 bits per heavy atom. The van der Waals surface area contributed by atoms with Crippen LogP contribution in [-0.4, -0.2) is 15.5 Å². The number of rotatable bonds is 6. The van der Waals surface area contributed by atoms with Gasteiger partial charge in [0.1, 0.15) is 11.6 Å². The van der Waals surface area contributed by atoms with Crippen molar-refractivity contribution in [3.63, 3.8) is 0 Å². The molecule has 1 amide bonds. The lowest BCUT2D eigenvalue weighted by molar-refractivity contribution is -0.112. The molecule has 160 valence electrons. The van der Waals surface area contributed by atoms with Crippen molar-refractivity contribution in [2.24, 2.45) is 0 Å². The number of thiophene rings is 1. The van der Waals surface area contributed by atoms with E-state index in [0.29, 0.717) is 11.7 Å². The third-order valence-corrected chi connectivity index (χ3v) is 6.83. The van der Waals surface area contributed by atoms with Crippen molar-refractivity contribution in [1.82, 2.24) is 9.55 Å². The molecule has 0 aliphatic carbocycles. The van der Waals surface area contributed by atoms with E-state index < -0.39 is 5.91 Å². The fourth-order valence-corrected chi connectivity index (χ4v) is 5.10. The quantitative estimate of drug-likeness (QED) is 0.232. The normalized spacial score (nSPS) is 11.4. The molecule has 3 heterocycles. The van der Waals surface area contributed by atoms with Crippen molar-refractivity contribution in [1.29, 1.82) is 5.26 Å². The molecule has 33 heavy (non-hydrogen) atoms. The van der Waals surface area contributed by atoms with Crippen LogP contribution in [0.3, 0.4) is 0 Å². The van der Waals surface area contributed by atoms with E-state index in [1.807, 2.05) is 77.6 Å². The summed E-state index contributed by atoms with van der Waals surface area (Å²) in [5.74, 6) is -0.468. The topological polar surface area (TPSA) is 70.7 Å². The van der Waals surface area contributed by atoms with Crippen LogP contribution in [0.25, 0.3) is 27.6 Å². The lowest BCUT2D eigenvalue weighted by atomic mass is 10.1. The van der Waals surface area contributed by atoms with Crippen LogP contribution < -0.4 is 5.32 Å². The molecular weight excluding hydrogens is 448 g/mol. The number of thiazole rings is 1. The van der Waals surface area contributed by atoms with E-state index in [4.69, 9.17) is 0 Å². The summed E-state index contributed by atoms with van der Waals surface area (Å²) in [6.07, 6.45) is 3.63. The van der Waals surface area contributed by atoms with E-state index in [-0.39, 0.29) is 5.57 Å². The molecule has 0 fully saturated rings. The van der Waals surface area contributed by atoms with Crippen LogP contribution >= 0.6 is 22.7 Å². The molecule has 5 rings (SSSR count). The van der Waals surface area contributed by atoms with Crippen LogP contribution in [0.15, 0.2) is 89.3 Å². The number of carbonyl (C=O) groups is 1. The van der Waals surface area contributed by atoms with Crippen LogP contribution in [0.1, 0.15) is 11.1 Å². The molecule has 5 aromatic rings. The zero-order chi connectivity index (χ0) is 22.6. The number of fused-ring (bicyclic) bond motifs is 1. The van der Waals surface area contributed by atoms with Crippen molar-refractivity contribution in [3.05, 3.63) is 100 Å². The van der Waals surface area contributed by atoms with E-state index in [0.717, 1.165) is 27.0 Å². The summed E-state index contributed by atoms with van der Waals surface area (Å²) in [6, 6.07) is 24.2. The Morgan fingerprint density at radius 1 is 1.06 bits per heavy atom. The summed E-state index contributed by atoms with van der Waals surface area (Å²) < 4.78 is 2.14. The molecule has 5 nitrogen and oxygen atoms in total. The highest BCUT2D eigenvalue weighted by Gasteiger charge is 2.15. The first-order valence-electron chi connectivity index (χ1n) is 10.3. The van der Waals surface area contributed by atoms with Crippen molar-refractivity contribution in [2.45, 2.75) is 6.54 Å². The number of anilines is 1. The van der Waals surface area contributed by atoms with Gasteiger partial charge in [-0.15, -0.1) is 22.7 Å². The van der Waals surface area contributed by atoms with Gasteiger partial charge < -0.3 is 4.57 Å². The Morgan fingerprint density at radius 3 is 2.67 bits per heavy atom. The second-order valence-electron chi connectivity index (χ2n) is 7.35. The number of aromatic nitrogens is 2. The van der Waals surface area contributed by atoms with Gasteiger partial charge in [0.05, 0.1) is 10.6 Å². The monoisotopic (exact) mass is 466 g/mol. The summed E-state index contributed by atoms with van der Waals surface area (Å²) in [5.41, 5.74) is 3.90. The number of nitriles is 1. The minimum atomic E-state index is -0.468. The van der Waals surface area contributed by atoms with Gasteiger partial charge in [-0.2, -0.15) is 5.26 Å². The first-order chi connectivity index (χ1) is 16.2. The largest absolute Gasteiger partial charge is 0.342 e. The SMILES string of the molecule is N#C/C(=C/c1cn(Cc2ccccc2)c2ccccc12)C(=O)Nc1nc(-c2cccs2)cs1. The Hall–Kier alpha value is -3.99. The van der Waals surface area contributed by atoms with Crippen LogP contribution in [-0.2, 0) is 11.3 Å². The number of nitrogens with one attached hydrogen (secondary N) is 1. The highest BCUT2D eigenvalue weighted by molar-refractivity contribution is 7.16. The predicted molar refractivity (Wildman–Crippen MR) is 135 cm³/mol. The van der Waals surface area contributed by atoms with Gasteiger partial charge in [0.2, 0.25) is 0 Å². The molecule has 0 saturated carbocycles. The second kappa shape index (κ2) is 9.25. The third kappa shape index (κ3) is 4.48. The molecule has 0 radical (unpaired) electrons. The predicted octanol–water partition coefficient (Wildman–Crippen LogP) is 6.42. The molecule has 0 aliphatic rings. The van der Waals surface area contributed by atoms with Gasteiger partial charge in [0, 0.05) is 34.6 Å². The Balaban J connectivity index is 1.43. The molecule has 3 aromatic heterocycles. The zero-order valence-corrected chi connectivity index (χ0v) is 19.1. The van der Waals surface area contributed by atoms with Crippen LogP contribution in [0.5, 0.6) is 0 Å². The number of para-hydroxylation sites is 1.